The number of carbonyl (C=O) groups excluding carboxylic acids is 1. The van der Waals surface area contributed by atoms with E-state index < -0.39 is 23.8 Å². The second-order valence-electron chi connectivity index (χ2n) is 4.78. The van der Waals surface area contributed by atoms with Crippen molar-refractivity contribution >= 4 is 34.9 Å². The Bertz CT molecular complexity index is 732. The van der Waals surface area contributed by atoms with E-state index in [0.29, 0.717) is 0 Å². The van der Waals surface area contributed by atoms with Gasteiger partial charge < -0.3 is 9.73 Å². The van der Waals surface area contributed by atoms with E-state index >= 15 is 0 Å². The van der Waals surface area contributed by atoms with Crippen LogP contribution in [0.2, 0.25) is 10.0 Å². The standard InChI is InChI=1S/C13H9Cl2F2N3O2/c14-6-3-7(15)11(18-4-6)20-12(21)9-8(10(16)17)19-13(22-9)5-1-2-5/h3-5,10H,1-2H2,(H,18,20,21). The summed E-state index contributed by atoms with van der Waals surface area (Å²) in [5.41, 5.74) is -0.676. The summed E-state index contributed by atoms with van der Waals surface area (Å²) in [6, 6.07) is 1.37. The number of aromatic nitrogens is 2. The SMILES string of the molecule is O=C(Nc1ncc(Cl)cc1Cl)c1oc(C2CC2)nc1C(F)F. The Morgan fingerprint density at radius 3 is 2.73 bits per heavy atom. The van der Waals surface area contributed by atoms with Gasteiger partial charge in [-0.2, -0.15) is 0 Å². The first kappa shape index (κ1) is 15.2. The molecule has 0 atom stereocenters. The van der Waals surface area contributed by atoms with Gasteiger partial charge in [-0.25, -0.2) is 18.7 Å². The quantitative estimate of drug-likeness (QED) is 0.887. The number of anilines is 1. The number of alkyl halides is 2. The van der Waals surface area contributed by atoms with Crippen molar-refractivity contribution in [2.24, 2.45) is 0 Å². The zero-order valence-corrected chi connectivity index (χ0v) is 12.5. The molecule has 2 heterocycles. The monoisotopic (exact) mass is 347 g/mol. The predicted octanol–water partition coefficient (Wildman–Crippen LogP) is 4.44. The van der Waals surface area contributed by atoms with Gasteiger partial charge in [0.1, 0.15) is 0 Å². The van der Waals surface area contributed by atoms with Gasteiger partial charge in [0.2, 0.25) is 5.76 Å². The maximum Gasteiger partial charge on any atom is 0.294 e. The number of pyridine rings is 1. The van der Waals surface area contributed by atoms with E-state index in [9.17, 15) is 13.6 Å². The van der Waals surface area contributed by atoms with Crippen LogP contribution in [0.4, 0.5) is 14.6 Å². The van der Waals surface area contributed by atoms with Crippen molar-refractivity contribution in [3.63, 3.8) is 0 Å². The lowest BCUT2D eigenvalue weighted by atomic mass is 10.3. The van der Waals surface area contributed by atoms with Crippen LogP contribution in [0.15, 0.2) is 16.7 Å². The van der Waals surface area contributed by atoms with Crippen molar-refractivity contribution in [1.82, 2.24) is 9.97 Å². The number of carbonyl (C=O) groups is 1. The fourth-order valence-corrected chi connectivity index (χ4v) is 2.26. The molecule has 0 radical (unpaired) electrons. The Labute approximate surface area is 133 Å². The van der Waals surface area contributed by atoms with Crippen LogP contribution in [0, 0.1) is 0 Å². The number of oxazole rings is 1. The van der Waals surface area contributed by atoms with E-state index in [1.165, 1.54) is 12.3 Å². The fourth-order valence-electron chi connectivity index (χ4n) is 1.84. The van der Waals surface area contributed by atoms with E-state index in [-0.39, 0.29) is 27.7 Å². The first-order valence-corrected chi connectivity index (χ1v) is 7.12. The van der Waals surface area contributed by atoms with Crippen LogP contribution in [0.3, 0.4) is 0 Å². The molecule has 2 aromatic rings. The number of rotatable bonds is 4. The van der Waals surface area contributed by atoms with Crippen LogP contribution in [-0.4, -0.2) is 15.9 Å². The van der Waals surface area contributed by atoms with Gasteiger partial charge in [0.25, 0.3) is 12.3 Å². The average molecular weight is 348 g/mol. The molecule has 0 saturated heterocycles. The Morgan fingerprint density at radius 1 is 1.41 bits per heavy atom. The van der Waals surface area contributed by atoms with Crippen LogP contribution < -0.4 is 5.32 Å². The minimum Gasteiger partial charge on any atom is -0.435 e. The lowest BCUT2D eigenvalue weighted by Crippen LogP contribution is -2.14. The van der Waals surface area contributed by atoms with Crippen LogP contribution >= 0.6 is 23.2 Å². The molecular weight excluding hydrogens is 339 g/mol. The first-order valence-electron chi connectivity index (χ1n) is 6.37. The second-order valence-corrected chi connectivity index (χ2v) is 5.62. The Hall–Kier alpha value is -1.73. The van der Waals surface area contributed by atoms with Gasteiger partial charge in [-0.1, -0.05) is 23.2 Å². The Kier molecular flexibility index (Phi) is 4.01. The normalized spacial score (nSPS) is 14.4. The molecule has 1 aliphatic rings. The smallest absolute Gasteiger partial charge is 0.294 e. The summed E-state index contributed by atoms with van der Waals surface area (Å²) >= 11 is 11.6. The molecule has 116 valence electrons. The highest BCUT2D eigenvalue weighted by Crippen LogP contribution is 2.41. The van der Waals surface area contributed by atoms with Crippen molar-refractivity contribution in [3.8, 4) is 0 Å². The van der Waals surface area contributed by atoms with Gasteiger partial charge in [-0.05, 0) is 18.9 Å². The topological polar surface area (TPSA) is 68.0 Å². The molecule has 1 N–H and O–H groups in total. The zero-order chi connectivity index (χ0) is 15.9. The van der Waals surface area contributed by atoms with E-state index in [1.807, 2.05) is 0 Å². The molecule has 0 unspecified atom stereocenters. The maximum atomic E-state index is 13.0. The summed E-state index contributed by atoms with van der Waals surface area (Å²) in [5.74, 6) is -1.23. The molecule has 1 aliphatic carbocycles. The number of halogens is 4. The highest BCUT2D eigenvalue weighted by Gasteiger charge is 2.34. The lowest BCUT2D eigenvalue weighted by Gasteiger charge is -2.05. The minimum atomic E-state index is -2.91. The highest BCUT2D eigenvalue weighted by atomic mass is 35.5. The van der Waals surface area contributed by atoms with Crippen molar-refractivity contribution in [2.75, 3.05) is 5.32 Å². The molecule has 1 saturated carbocycles. The van der Waals surface area contributed by atoms with Crippen LogP contribution in [0.1, 0.15) is 47.3 Å². The Morgan fingerprint density at radius 2 is 2.14 bits per heavy atom. The van der Waals surface area contributed by atoms with Crippen molar-refractivity contribution in [3.05, 3.63) is 39.7 Å². The van der Waals surface area contributed by atoms with Crippen LogP contribution in [-0.2, 0) is 0 Å². The fraction of sp³-hybridized carbons (Fsp3) is 0.308. The van der Waals surface area contributed by atoms with Crippen molar-refractivity contribution in [2.45, 2.75) is 25.2 Å². The van der Waals surface area contributed by atoms with Crippen molar-refractivity contribution in [1.29, 1.82) is 0 Å². The van der Waals surface area contributed by atoms with Gasteiger partial charge in [0.05, 0.1) is 10.0 Å². The summed E-state index contributed by atoms with van der Waals surface area (Å²) in [7, 11) is 0. The molecular formula is C13H9Cl2F2N3O2. The summed E-state index contributed by atoms with van der Waals surface area (Å²) < 4.78 is 31.2. The van der Waals surface area contributed by atoms with E-state index in [2.05, 4.69) is 15.3 Å². The third-order valence-electron chi connectivity index (χ3n) is 3.05. The van der Waals surface area contributed by atoms with E-state index in [1.54, 1.807) is 0 Å². The molecule has 0 spiro atoms. The summed E-state index contributed by atoms with van der Waals surface area (Å²) in [5, 5.41) is 2.68. The van der Waals surface area contributed by atoms with Gasteiger partial charge in [0, 0.05) is 12.1 Å². The zero-order valence-electron chi connectivity index (χ0n) is 10.9. The van der Waals surface area contributed by atoms with E-state index in [4.69, 9.17) is 27.6 Å². The third-order valence-corrected chi connectivity index (χ3v) is 3.54. The van der Waals surface area contributed by atoms with Gasteiger partial charge in [0.15, 0.2) is 17.4 Å². The number of hydrogen-bond acceptors (Lipinski definition) is 4. The molecule has 9 heteroatoms. The molecule has 0 bridgehead atoms. The molecule has 1 fully saturated rings. The van der Waals surface area contributed by atoms with Gasteiger partial charge in [-0.3, -0.25) is 4.79 Å². The van der Waals surface area contributed by atoms with Crippen LogP contribution in [0.25, 0.3) is 0 Å². The molecule has 22 heavy (non-hydrogen) atoms. The summed E-state index contributed by atoms with van der Waals surface area (Å²) in [6.07, 6.45) is -0.0119. The number of hydrogen-bond donors (Lipinski definition) is 1. The first-order chi connectivity index (χ1) is 10.5. The summed E-state index contributed by atoms with van der Waals surface area (Å²) in [4.78, 5) is 19.7. The van der Waals surface area contributed by atoms with Gasteiger partial charge >= 0.3 is 0 Å². The minimum absolute atomic E-state index is 0.000606. The molecule has 0 aromatic carbocycles. The summed E-state index contributed by atoms with van der Waals surface area (Å²) in [6.45, 7) is 0. The van der Waals surface area contributed by atoms with Gasteiger partial charge in [-0.15, -0.1) is 0 Å². The molecule has 2 aromatic heterocycles. The van der Waals surface area contributed by atoms with E-state index in [0.717, 1.165) is 12.8 Å². The second kappa shape index (κ2) is 5.81. The lowest BCUT2D eigenvalue weighted by molar-refractivity contribution is 0.0975. The average Bonchev–Trinajstić information content (AvgIpc) is 3.20. The maximum absolute atomic E-state index is 13.0. The molecule has 3 rings (SSSR count). The van der Waals surface area contributed by atoms with Crippen LogP contribution in [0.5, 0.6) is 0 Å². The predicted molar refractivity (Wildman–Crippen MR) is 75.6 cm³/mol. The highest BCUT2D eigenvalue weighted by molar-refractivity contribution is 6.36. The molecule has 0 aliphatic heterocycles. The third kappa shape index (κ3) is 3.05. The number of nitrogens with one attached hydrogen (secondary N) is 1. The number of nitrogens with zero attached hydrogens (tertiary/aromatic N) is 2. The number of amides is 1. The van der Waals surface area contributed by atoms with Crippen molar-refractivity contribution < 1.29 is 18.0 Å². The molecule has 5 nitrogen and oxygen atoms in total. The largest absolute Gasteiger partial charge is 0.435 e. The Balaban J connectivity index is 1.87. The molecule has 1 amide bonds.